The van der Waals surface area contributed by atoms with Gasteiger partial charge in [0.1, 0.15) is 5.15 Å². The van der Waals surface area contributed by atoms with Gasteiger partial charge in [0.25, 0.3) is 0 Å². The third-order valence-electron chi connectivity index (χ3n) is 4.60. The number of aryl methyl sites for hydroxylation is 2. The van der Waals surface area contributed by atoms with E-state index in [0.29, 0.717) is 6.04 Å². The molecule has 1 aliphatic carbocycles. The summed E-state index contributed by atoms with van der Waals surface area (Å²) in [5.74, 6) is 0. The number of hydrogen-bond donors (Lipinski definition) is 1. The molecule has 0 radical (unpaired) electrons. The Morgan fingerprint density at radius 2 is 2.10 bits per heavy atom. The Balaban J connectivity index is 1.65. The van der Waals surface area contributed by atoms with Crippen LogP contribution in [0.3, 0.4) is 0 Å². The molecule has 1 unspecified atom stereocenters. The highest BCUT2D eigenvalue weighted by Gasteiger charge is 2.27. The Bertz CT molecular complexity index is 467. The molecule has 1 aromatic rings. The van der Waals surface area contributed by atoms with Crippen molar-refractivity contribution in [3.8, 4) is 0 Å². The van der Waals surface area contributed by atoms with E-state index in [-0.39, 0.29) is 0 Å². The van der Waals surface area contributed by atoms with E-state index in [1.54, 1.807) is 4.68 Å². The van der Waals surface area contributed by atoms with Gasteiger partial charge in [-0.1, -0.05) is 18.0 Å². The molecule has 5 heteroatoms. The molecule has 0 amide bonds. The van der Waals surface area contributed by atoms with E-state index >= 15 is 0 Å². The molecule has 0 spiro atoms. The minimum absolute atomic E-state index is 0.653. The lowest BCUT2D eigenvalue weighted by atomic mass is 10.0. The van der Waals surface area contributed by atoms with Gasteiger partial charge in [-0.15, -0.1) is 0 Å². The molecule has 3 rings (SSSR count). The predicted octanol–water partition coefficient (Wildman–Crippen LogP) is 2.49. The highest BCUT2D eigenvalue weighted by molar-refractivity contribution is 6.30. The third kappa shape index (κ3) is 3.18. The zero-order chi connectivity index (χ0) is 14.1. The van der Waals surface area contributed by atoms with Crippen molar-refractivity contribution >= 4 is 11.6 Å². The molecule has 4 nitrogen and oxygen atoms in total. The molecule has 1 saturated heterocycles. The summed E-state index contributed by atoms with van der Waals surface area (Å²) in [6, 6.07) is 1.45. The van der Waals surface area contributed by atoms with Crippen LogP contribution in [-0.4, -0.2) is 39.9 Å². The second kappa shape index (κ2) is 6.04. The van der Waals surface area contributed by atoms with Gasteiger partial charge in [-0.3, -0.25) is 9.58 Å². The number of rotatable bonds is 5. The molecule has 112 valence electrons. The minimum atomic E-state index is 0.653. The fraction of sp³-hybridized carbons (Fsp3) is 0.800. The second-order valence-corrected chi connectivity index (χ2v) is 6.64. The van der Waals surface area contributed by atoms with E-state index in [0.717, 1.165) is 30.0 Å². The largest absolute Gasteiger partial charge is 0.312 e. The third-order valence-corrected chi connectivity index (χ3v) is 5.07. The first-order valence-corrected chi connectivity index (χ1v) is 8.18. The van der Waals surface area contributed by atoms with Crippen LogP contribution in [0.15, 0.2) is 0 Å². The maximum atomic E-state index is 6.38. The number of aromatic nitrogens is 2. The maximum Gasteiger partial charge on any atom is 0.131 e. The van der Waals surface area contributed by atoms with E-state index in [9.17, 15) is 0 Å². The molecule has 1 saturated carbocycles. The van der Waals surface area contributed by atoms with Crippen LogP contribution >= 0.6 is 11.6 Å². The van der Waals surface area contributed by atoms with Crippen molar-refractivity contribution in [1.29, 1.82) is 0 Å². The van der Waals surface area contributed by atoms with Crippen LogP contribution in [0.1, 0.15) is 43.4 Å². The number of halogens is 1. The van der Waals surface area contributed by atoms with Crippen LogP contribution in [-0.2, 0) is 13.6 Å². The summed E-state index contributed by atoms with van der Waals surface area (Å²) in [5.41, 5.74) is 2.27. The fourth-order valence-corrected chi connectivity index (χ4v) is 3.38. The van der Waals surface area contributed by atoms with Gasteiger partial charge in [-0.2, -0.15) is 5.10 Å². The molecule has 20 heavy (non-hydrogen) atoms. The summed E-state index contributed by atoms with van der Waals surface area (Å²) in [6.07, 6.45) is 6.68. The quantitative estimate of drug-likeness (QED) is 0.906. The van der Waals surface area contributed by atoms with Crippen LogP contribution in [0.4, 0.5) is 0 Å². The van der Waals surface area contributed by atoms with Gasteiger partial charge in [0, 0.05) is 37.8 Å². The number of likely N-dealkylation sites (tertiary alicyclic amines) is 1. The van der Waals surface area contributed by atoms with E-state index < -0.39 is 0 Å². The monoisotopic (exact) mass is 296 g/mol. The molecule has 1 aromatic heterocycles. The first-order valence-electron chi connectivity index (χ1n) is 7.80. The Labute approximate surface area is 126 Å². The van der Waals surface area contributed by atoms with Gasteiger partial charge in [0.2, 0.25) is 0 Å². The number of piperidine rings is 1. The van der Waals surface area contributed by atoms with Crippen LogP contribution in [0.25, 0.3) is 0 Å². The summed E-state index contributed by atoms with van der Waals surface area (Å²) < 4.78 is 1.79. The Hall–Kier alpha value is -0.580. The molecule has 1 N–H and O–H groups in total. The van der Waals surface area contributed by atoms with E-state index in [1.165, 1.54) is 44.2 Å². The number of hydrogen-bond acceptors (Lipinski definition) is 3. The summed E-state index contributed by atoms with van der Waals surface area (Å²) >= 11 is 6.38. The first kappa shape index (κ1) is 14.4. The summed E-state index contributed by atoms with van der Waals surface area (Å²) in [4.78, 5) is 2.59. The lowest BCUT2D eigenvalue weighted by Crippen LogP contribution is -2.45. The van der Waals surface area contributed by atoms with Crippen LogP contribution in [0.5, 0.6) is 0 Å². The van der Waals surface area contributed by atoms with Gasteiger partial charge in [0.15, 0.2) is 0 Å². The number of nitrogens with one attached hydrogen (secondary N) is 1. The molecule has 2 aliphatic rings. The zero-order valence-corrected chi connectivity index (χ0v) is 13.3. The summed E-state index contributed by atoms with van der Waals surface area (Å²) in [6.45, 7) is 5.31. The van der Waals surface area contributed by atoms with Crippen LogP contribution in [0.2, 0.25) is 5.15 Å². The highest BCUT2D eigenvalue weighted by atomic mass is 35.5. The maximum absolute atomic E-state index is 6.38. The molecule has 0 aromatic carbocycles. The normalized spacial score (nSPS) is 24.2. The zero-order valence-electron chi connectivity index (χ0n) is 12.5. The average molecular weight is 297 g/mol. The van der Waals surface area contributed by atoms with Gasteiger partial charge < -0.3 is 5.32 Å². The smallest absolute Gasteiger partial charge is 0.131 e. The van der Waals surface area contributed by atoms with Gasteiger partial charge >= 0.3 is 0 Å². The minimum Gasteiger partial charge on any atom is -0.312 e. The highest BCUT2D eigenvalue weighted by Crippen LogP contribution is 2.26. The predicted molar refractivity (Wildman–Crippen MR) is 82.0 cm³/mol. The van der Waals surface area contributed by atoms with Crippen molar-refractivity contribution < 1.29 is 0 Å². The standard InChI is InChI=1S/C15H25ClN4/c1-11-14(15(16)19(2)18-11)10-20-8-4-3-5-13(20)9-17-12-6-7-12/h12-13,17H,3-10H2,1-2H3. The Morgan fingerprint density at radius 3 is 2.75 bits per heavy atom. The van der Waals surface area contributed by atoms with Gasteiger partial charge in [-0.25, -0.2) is 0 Å². The van der Waals surface area contributed by atoms with Crippen molar-refractivity contribution in [3.63, 3.8) is 0 Å². The van der Waals surface area contributed by atoms with Gasteiger partial charge in [0.05, 0.1) is 5.69 Å². The lowest BCUT2D eigenvalue weighted by molar-refractivity contribution is 0.137. The van der Waals surface area contributed by atoms with Crippen molar-refractivity contribution in [3.05, 3.63) is 16.4 Å². The van der Waals surface area contributed by atoms with Crippen molar-refractivity contribution in [2.24, 2.45) is 7.05 Å². The average Bonchev–Trinajstić information content (AvgIpc) is 3.23. The van der Waals surface area contributed by atoms with Crippen molar-refractivity contribution in [1.82, 2.24) is 20.0 Å². The van der Waals surface area contributed by atoms with Crippen molar-refractivity contribution in [2.45, 2.75) is 57.7 Å². The first-order chi connectivity index (χ1) is 9.65. The van der Waals surface area contributed by atoms with Gasteiger partial charge in [-0.05, 0) is 39.2 Å². The summed E-state index contributed by atoms with van der Waals surface area (Å²) in [5, 5.41) is 8.90. The lowest BCUT2D eigenvalue weighted by Gasteiger charge is -2.36. The Kier molecular flexibility index (Phi) is 4.34. The van der Waals surface area contributed by atoms with E-state index in [2.05, 4.69) is 22.2 Å². The molecule has 2 fully saturated rings. The SMILES string of the molecule is Cc1nn(C)c(Cl)c1CN1CCCCC1CNC1CC1. The van der Waals surface area contributed by atoms with E-state index in [1.807, 2.05) is 7.05 Å². The molecule has 0 bridgehead atoms. The topological polar surface area (TPSA) is 33.1 Å². The summed E-state index contributed by atoms with van der Waals surface area (Å²) in [7, 11) is 1.92. The molecule has 1 aliphatic heterocycles. The number of nitrogens with zero attached hydrogens (tertiary/aromatic N) is 3. The van der Waals surface area contributed by atoms with E-state index in [4.69, 9.17) is 11.6 Å². The molecular weight excluding hydrogens is 272 g/mol. The molecule has 2 heterocycles. The molecule has 1 atom stereocenters. The fourth-order valence-electron chi connectivity index (χ4n) is 3.15. The van der Waals surface area contributed by atoms with Crippen LogP contribution in [0, 0.1) is 6.92 Å². The van der Waals surface area contributed by atoms with Crippen molar-refractivity contribution in [2.75, 3.05) is 13.1 Å². The second-order valence-electron chi connectivity index (χ2n) is 6.28. The Morgan fingerprint density at radius 1 is 1.30 bits per heavy atom. The van der Waals surface area contributed by atoms with Crippen LogP contribution < -0.4 is 5.32 Å². The molecular formula is C15H25ClN4.